The molecule has 0 heterocycles. The van der Waals surface area contributed by atoms with Crippen molar-refractivity contribution in [3.8, 4) is 5.75 Å². The van der Waals surface area contributed by atoms with E-state index in [1.54, 1.807) is 45.0 Å². The number of unbranched alkanes of at least 4 members (excludes halogenated alkanes) is 1. The van der Waals surface area contributed by atoms with Gasteiger partial charge < -0.3 is 31.2 Å². The minimum Gasteiger partial charge on any atom is -0.489 e. The first kappa shape index (κ1) is 33.1. The zero-order valence-electron chi connectivity index (χ0n) is 25.5. The van der Waals surface area contributed by atoms with Crippen LogP contribution < -0.4 is 26.4 Å². The number of rotatable bonds is 14. The Kier molecular flexibility index (Phi) is 12.6. The molecular weight excluding hydrogens is 544 g/mol. The second-order valence-electron chi connectivity index (χ2n) is 11.4. The Morgan fingerprint density at radius 3 is 2.07 bits per heavy atom. The molecule has 0 bridgehead atoms. The number of carbonyl (C=O) groups is 3. The number of nitrogens with two attached hydrogens (primary N) is 1. The predicted molar refractivity (Wildman–Crippen MR) is 167 cm³/mol. The Hall–Kier alpha value is -4.37. The van der Waals surface area contributed by atoms with Gasteiger partial charge in [0.05, 0.1) is 0 Å². The van der Waals surface area contributed by atoms with E-state index in [0.29, 0.717) is 37.3 Å². The van der Waals surface area contributed by atoms with Gasteiger partial charge in [0.1, 0.15) is 30.0 Å². The Bertz CT molecular complexity index is 1310. The van der Waals surface area contributed by atoms with E-state index in [-0.39, 0.29) is 12.5 Å². The van der Waals surface area contributed by atoms with E-state index < -0.39 is 29.7 Å². The van der Waals surface area contributed by atoms with Gasteiger partial charge in [0.15, 0.2) is 0 Å². The van der Waals surface area contributed by atoms with Gasteiger partial charge in [-0.05, 0) is 61.6 Å². The molecule has 0 radical (unpaired) electrons. The summed E-state index contributed by atoms with van der Waals surface area (Å²) in [5.74, 6) is -0.234. The lowest BCUT2D eigenvalue weighted by Crippen LogP contribution is -2.51. The smallest absolute Gasteiger partial charge is 0.408 e. The molecule has 0 fully saturated rings. The van der Waals surface area contributed by atoms with Crippen molar-refractivity contribution in [1.29, 1.82) is 0 Å². The molecule has 0 saturated carbocycles. The molecule has 0 spiro atoms. The lowest BCUT2D eigenvalue weighted by Gasteiger charge is -2.25. The van der Waals surface area contributed by atoms with Gasteiger partial charge in [0, 0.05) is 13.1 Å². The van der Waals surface area contributed by atoms with Crippen molar-refractivity contribution in [1.82, 2.24) is 16.0 Å². The van der Waals surface area contributed by atoms with Crippen LogP contribution in [0.1, 0.15) is 75.3 Å². The minimum absolute atomic E-state index is 0.268. The highest BCUT2D eigenvalue weighted by molar-refractivity contribution is 5.92. The van der Waals surface area contributed by atoms with Gasteiger partial charge in [-0.1, -0.05) is 86.5 Å². The zero-order chi connectivity index (χ0) is 31.2. The van der Waals surface area contributed by atoms with Gasteiger partial charge in [-0.2, -0.15) is 0 Å². The van der Waals surface area contributed by atoms with E-state index in [1.807, 2.05) is 61.5 Å². The molecule has 9 nitrogen and oxygen atoms in total. The Morgan fingerprint density at radius 1 is 0.814 bits per heavy atom. The normalized spacial score (nSPS) is 12.5. The molecule has 0 aliphatic heterocycles. The molecule has 43 heavy (non-hydrogen) atoms. The van der Waals surface area contributed by atoms with Crippen molar-refractivity contribution in [2.75, 3.05) is 0 Å². The third kappa shape index (κ3) is 11.4. The number of hydrogen-bond acceptors (Lipinski definition) is 6. The van der Waals surface area contributed by atoms with Gasteiger partial charge in [0.2, 0.25) is 11.8 Å². The Morgan fingerprint density at radius 2 is 1.47 bits per heavy atom. The lowest BCUT2D eigenvalue weighted by molar-refractivity contribution is -0.130. The van der Waals surface area contributed by atoms with Crippen LogP contribution in [-0.2, 0) is 34.0 Å². The summed E-state index contributed by atoms with van der Waals surface area (Å²) in [6, 6.07) is 22.6. The standard InChI is InChI=1S/C34H44N4O5/c1-5-6-12-29(37-33(41)43-34(2,3)4)31(39)38-30(32(40)36-22-25-15-13-24(21-35)14-16-25)27-17-19-28(20-18-27)42-23-26-10-8-7-9-11-26/h7-11,13-20,29-30H,5-6,12,21-23,35H2,1-4H3,(H,36,40)(H,37,41)(H,38,39)/t29-,30-/m1/s1. The van der Waals surface area contributed by atoms with E-state index >= 15 is 0 Å². The SMILES string of the molecule is CCCC[C@@H](NC(=O)OC(C)(C)C)C(=O)N[C@@H](C(=O)NCc1ccc(CN)cc1)c1ccc(OCc2ccccc2)cc1. The molecule has 0 unspecified atom stereocenters. The maximum Gasteiger partial charge on any atom is 0.408 e. The van der Waals surface area contributed by atoms with Crippen LogP contribution in [0.3, 0.4) is 0 Å². The summed E-state index contributed by atoms with van der Waals surface area (Å²) < 4.78 is 11.3. The summed E-state index contributed by atoms with van der Waals surface area (Å²) in [5, 5.41) is 8.47. The van der Waals surface area contributed by atoms with Crippen molar-refractivity contribution in [2.45, 2.75) is 84.3 Å². The first-order valence-corrected chi connectivity index (χ1v) is 14.7. The van der Waals surface area contributed by atoms with Crippen molar-refractivity contribution in [2.24, 2.45) is 5.73 Å². The largest absolute Gasteiger partial charge is 0.489 e. The molecule has 3 amide bonds. The molecule has 230 valence electrons. The summed E-state index contributed by atoms with van der Waals surface area (Å²) in [6.07, 6.45) is 1.25. The van der Waals surface area contributed by atoms with Crippen molar-refractivity contribution in [3.63, 3.8) is 0 Å². The molecule has 5 N–H and O–H groups in total. The molecule has 0 aliphatic rings. The number of nitrogens with one attached hydrogen (secondary N) is 3. The van der Waals surface area contributed by atoms with Gasteiger partial charge >= 0.3 is 6.09 Å². The van der Waals surface area contributed by atoms with Gasteiger partial charge in [-0.15, -0.1) is 0 Å². The Balaban J connectivity index is 1.77. The topological polar surface area (TPSA) is 132 Å². The quantitative estimate of drug-likeness (QED) is 0.203. The number of carbonyl (C=O) groups excluding carboxylic acids is 3. The number of alkyl carbamates (subject to hydrolysis) is 1. The maximum absolute atomic E-state index is 13.5. The highest BCUT2D eigenvalue weighted by Crippen LogP contribution is 2.20. The monoisotopic (exact) mass is 588 g/mol. The van der Waals surface area contributed by atoms with E-state index in [4.69, 9.17) is 15.2 Å². The zero-order valence-corrected chi connectivity index (χ0v) is 25.5. The van der Waals surface area contributed by atoms with Crippen LogP contribution in [0.2, 0.25) is 0 Å². The fraction of sp³-hybridized carbons (Fsp3) is 0.382. The van der Waals surface area contributed by atoms with Crippen LogP contribution in [0.15, 0.2) is 78.9 Å². The summed E-state index contributed by atoms with van der Waals surface area (Å²) in [7, 11) is 0. The van der Waals surface area contributed by atoms with Crippen LogP contribution in [0.5, 0.6) is 5.75 Å². The molecule has 3 aromatic rings. The van der Waals surface area contributed by atoms with Crippen molar-refractivity contribution < 1.29 is 23.9 Å². The molecular formula is C34H44N4O5. The number of benzene rings is 3. The molecule has 2 atom stereocenters. The summed E-state index contributed by atoms with van der Waals surface area (Å²) in [4.78, 5) is 39.6. The average Bonchev–Trinajstić information content (AvgIpc) is 2.99. The van der Waals surface area contributed by atoms with Crippen LogP contribution in [0.4, 0.5) is 4.79 Å². The minimum atomic E-state index is -1.01. The number of amides is 3. The summed E-state index contributed by atoms with van der Waals surface area (Å²) in [5.41, 5.74) is 8.47. The first-order valence-electron chi connectivity index (χ1n) is 14.7. The van der Waals surface area contributed by atoms with Crippen molar-refractivity contribution >= 4 is 17.9 Å². The van der Waals surface area contributed by atoms with Gasteiger partial charge in [-0.25, -0.2) is 4.79 Å². The van der Waals surface area contributed by atoms with Gasteiger partial charge in [0.25, 0.3) is 0 Å². The molecule has 3 rings (SSSR count). The van der Waals surface area contributed by atoms with Crippen LogP contribution in [-0.4, -0.2) is 29.6 Å². The third-order valence-electron chi connectivity index (χ3n) is 6.59. The molecule has 3 aromatic carbocycles. The van der Waals surface area contributed by atoms with Crippen molar-refractivity contribution in [3.05, 3.63) is 101 Å². The maximum atomic E-state index is 13.5. The van der Waals surface area contributed by atoms with Crippen LogP contribution >= 0.6 is 0 Å². The molecule has 0 saturated heterocycles. The first-order chi connectivity index (χ1) is 20.6. The van der Waals surface area contributed by atoms with E-state index in [0.717, 1.165) is 23.1 Å². The molecule has 0 aromatic heterocycles. The highest BCUT2D eigenvalue weighted by Gasteiger charge is 2.29. The average molecular weight is 589 g/mol. The summed E-state index contributed by atoms with van der Waals surface area (Å²) >= 11 is 0. The van der Waals surface area contributed by atoms with E-state index in [1.165, 1.54) is 0 Å². The molecule has 0 aliphatic carbocycles. The highest BCUT2D eigenvalue weighted by atomic mass is 16.6. The lowest BCUT2D eigenvalue weighted by atomic mass is 10.0. The fourth-order valence-electron chi connectivity index (χ4n) is 4.25. The second kappa shape index (κ2) is 16.3. The van der Waals surface area contributed by atoms with Gasteiger partial charge in [-0.3, -0.25) is 9.59 Å². The predicted octanol–water partition coefficient (Wildman–Crippen LogP) is 5.28. The van der Waals surface area contributed by atoms with Crippen LogP contribution in [0.25, 0.3) is 0 Å². The Labute approximate surface area is 254 Å². The second-order valence-corrected chi connectivity index (χ2v) is 11.4. The number of hydrogen-bond donors (Lipinski definition) is 4. The fourth-order valence-corrected chi connectivity index (χ4v) is 4.25. The molecule has 9 heteroatoms. The third-order valence-corrected chi connectivity index (χ3v) is 6.59. The number of ether oxygens (including phenoxy) is 2. The summed E-state index contributed by atoms with van der Waals surface area (Å²) in [6.45, 7) is 8.37. The van der Waals surface area contributed by atoms with Crippen LogP contribution in [0, 0.1) is 0 Å². The van der Waals surface area contributed by atoms with E-state index in [9.17, 15) is 14.4 Å². The van der Waals surface area contributed by atoms with E-state index in [2.05, 4.69) is 16.0 Å².